The Bertz CT molecular complexity index is 939. The largest absolute Gasteiger partial charge is 0.493 e. The molecule has 0 radical (unpaired) electrons. The smallest absolute Gasteiger partial charge is 0.161 e. The van der Waals surface area contributed by atoms with Gasteiger partial charge in [-0.05, 0) is 30.5 Å². The normalized spacial score (nSPS) is 16.2. The van der Waals surface area contributed by atoms with E-state index in [4.69, 9.17) is 14.2 Å². The number of benzene rings is 2. The molecule has 0 amide bonds. The summed E-state index contributed by atoms with van der Waals surface area (Å²) in [6, 6.07) is 16.2. The second kappa shape index (κ2) is 9.73. The lowest BCUT2D eigenvalue weighted by atomic mass is 10.1. The number of nitrogens with one attached hydrogen (secondary N) is 1. The highest BCUT2D eigenvalue weighted by Crippen LogP contribution is 2.29. The van der Waals surface area contributed by atoms with Crippen molar-refractivity contribution < 1.29 is 14.2 Å². The molecule has 1 N–H and O–H groups in total. The van der Waals surface area contributed by atoms with Gasteiger partial charge >= 0.3 is 0 Å². The van der Waals surface area contributed by atoms with Gasteiger partial charge < -0.3 is 14.2 Å². The predicted octanol–water partition coefficient (Wildman–Crippen LogP) is 3.67. The number of hydrogen-bond acceptors (Lipinski definition) is 6. The van der Waals surface area contributed by atoms with E-state index in [0.29, 0.717) is 6.54 Å². The third-order valence-electron chi connectivity index (χ3n) is 5.38. The SMILES string of the molecule is COc1ccc(CN(Cc2n[nH]nc2-c2ccccc2)CC2CCCO2)cc1OC. The number of aromatic amines is 1. The van der Waals surface area contributed by atoms with Crippen LogP contribution in [0.15, 0.2) is 48.5 Å². The summed E-state index contributed by atoms with van der Waals surface area (Å²) >= 11 is 0. The van der Waals surface area contributed by atoms with Crippen LogP contribution >= 0.6 is 0 Å². The van der Waals surface area contributed by atoms with Crippen molar-refractivity contribution in [1.29, 1.82) is 0 Å². The van der Waals surface area contributed by atoms with Crippen LogP contribution in [0.3, 0.4) is 0 Å². The van der Waals surface area contributed by atoms with E-state index < -0.39 is 0 Å². The molecule has 1 saturated heterocycles. The van der Waals surface area contributed by atoms with Crippen molar-refractivity contribution in [3.05, 3.63) is 59.8 Å². The van der Waals surface area contributed by atoms with Gasteiger partial charge in [0, 0.05) is 31.8 Å². The first kappa shape index (κ1) is 20.4. The van der Waals surface area contributed by atoms with Crippen LogP contribution in [0.4, 0.5) is 0 Å². The fourth-order valence-corrected chi connectivity index (χ4v) is 3.90. The monoisotopic (exact) mass is 408 g/mol. The fourth-order valence-electron chi connectivity index (χ4n) is 3.90. The number of aromatic nitrogens is 3. The average molecular weight is 409 g/mol. The lowest BCUT2D eigenvalue weighted by molar-refractivity contribution is 0.0675. The molecule has 4 rings (SSSR count). The Hall–Kier alpha value is -2.90. The zero-order valence-electron chi connectivity index (χ0n) is 17.5. The first-order chi connectivity index (χ1) is 14.8. The van der Waals surface area contributed by atoms with Crippen LogP contribution in [0, 0.1) is 0 Å². The maximum atomic E-state index is 5.91. The van der Waals surface area contributed by atoms with E-state index in [-0.39, 0.29) is 6.10 Å². The quantitative estimate of drug-likeness (QED) is 0.582. The van der Waals surface area contributed by atoms with Crippen molar-refractivity contribution in [2.75, 3.05) is 27.4 Å². The van der Waals surface area contributed by atoms with Crippen molar-refractivity contribution in [2.24, 2.45) is 0 Å². The van der Waals surface area contributed by atoms with Crippen molar-refractivity contribution >= 4 is 0 Å². The van der Waals surface area contributed by atoms with Gasteiger partial charge in [0.1, 0.15) is 11.4 Å². The Morgan fingerprint density at radius 1 is 1.03 bits per heavy atom. The van der Waals surface area contributed by atoms with Crippen molar-refractivity contribution in [2.45, 2.75) is 32.0 Å². The summed E-state index contributed by atoms with van der Waals surface area (Å²) in [6.07, 6.45) is 2.46. The number of ether oxygens (including phenoxy) is 3. The van der Waals surface area contributed by atoms with E-state index in [1.54, 1.807) is 14.2 Å². The van der Waals surface area contributed by atoms with Gasteiger partial charge in [0.15, 0.2) is 11.5 Å². The molecular formula is C23H28N4O3. The molecular weight excluding hydrogens is 380 g/mol. The summed E-state index contributed by atoms with van der Waals surface area (Å²) < 4.78 is 16.8. The Balaban J connectivity index is 1.56. The van der Waals surface area contributed by atoms with Gasteiger partial charge in [-0.15, -0.1) is 0 Å². The van der Waals surface area contributed by atoms with E-state index in [9.17, 15) is 0 Å². The topological polar surface area (TPSA) is 72.5 Å². The summed E-state index contributed by atoms with van der Waals surface area (Å²) in [4.78, 5) is 2.36. The van der Waals surface area contributed by atoms with E-state index >= 15 is 0 Å². The molecule has 1 aliphatic rings. The first-order valence-corrected chi connectivity index (χ1v) is 10.3. The van der Waals surface area contributed by atoms with Gasteiger partial charge in [0.25, 0.3) is 0 Å². The lowest BCUT2D eigenvalue weighted by Gasteiger charge is -2.25. The molecule has 1 unspecified atom stereocenters. The van der Waals surface area contributed by atoms with E-state index in [1.807, 2.05) is 30.3 Å². The molecule has 0 bridgehead atoms. The second-order valence-electron chi connectivity index (χ2n) is 7.48. The Morgan fingerprint density at radius 3 is 2.60 bits per heavy atom. The molecule has 1 aromatic heterocycles. The maximum absolute atomic E-state index is 5.91. The number of rotatable bonds is 9. The van der Waals surface area contributed by atoms with Gasteiger partial charge in [-0.1, -0.05) is 36.4 Å². The molecule has 1 fully saturated rings. The summed E-state index contributed by atoms with van der Waals surface area (Å²) in [5.41, 5.74) is 4.03. The molecule has 30 heavy (non-hydrogen) atoms. The van der Waals surface area contributed by atoms with Crippen molar-refractivity contribution in [3.8, 4) is 22.8 Å². The average Bonchev–Trinajstić information content (AvgIpc) is 3.46. The third-order valence-corrected chi connectivity index (χ3v) is 5.38. The molecule has 2 heterocycles. The van der Waals surface area contributed by atoms with E-state index in [1.165, 1.54) is 0 Å². The number of H-pyrrole nitrogens is 1. The molecule has 0 saturated carbocycles. The van der Waals surface area contributed by atoms with Crippen LogP contribution < -0.4 is 9.47 Å². The highest BCUT2D eigenvalue weighted by molar-refractivity contribution is 5.60. The second-order valence-corrected chi connectivity index (χ2v) is 7.48. The highest BCUT2D eigenvalue weighted by Gasteiger charge is 2.22. The molecule has 0 aliphatic carbocycles. The minimum atomic E-state index is 0.247. The summed E-state index contributed by atoms with van der Waals surface area (Å²) in [5, 5.41) is 11.6. The summed E-state index contributed by atoms with van der Waals surface area (Å²) in [5.74, 6) is 1.47. The Morgan fingerprint density at radius 2 is 1.87 bits per heavy atom. The minimum absolute atomic E-state index is 0.247. The molecule has 1 atom stereocenters. The molecule has 7 heteroatoms. The zero-order chi connectivity index (χ0) is 20.8. The highest BCUT2D eigenvalue weighted by atomic mass is 16.5. The van der Waals surface area contributed by atoms with Crippen LogP contribution in [0.2, 0.25) is 0 Å². The van der Waals surface area contributed by atoms with Crippen LogP contribution in [-0.4, -0.2) is 53.8 Å². The first-order valence-electron chi connectivity index (χ1n) is 10.3. The minimum Gasteiger partial charge on any atom is -0.493 e. The van der Waals surface area contributed by atoms with Gasteiger partial charge in [-0.2, -0.15) is 15.4 Å². The molecule has 3 aromatic rings. The summed E-state index contributed by atoms with van der Waals surface area (Å²) in [6.45, 7) is 3.11. The number of methoxy groups -OCH3 is 2. The standard InChI is InChI=1S/C23H28N4O3/c1-28-21-11-10-17(13-22(21)29-2)14-27(15-19-9-6-12-30-19)16-20-23(25-26-24-20)18-7-4-3-5-8-18/h3-5,7-8,10-11,13,19H,6,9,12,14-16H2,1-2H3,(H,24,25,26). The number of nitrogens with zero attached hydrogens (tertiary/aromatic N) is 3. The molecule has 7 nitrogen and oxygen atoms in total. The number of hydrogen-bond donors (Lipinski definition) is 1. The van der Waals surface area contributed by atoms with Crippen LogP contribution in [0.25, 0.3) is 11.3 Å². The Labute approximate surface area is 177 Å². The summed E-state index contributed by atoms with van der Waals surface area (Å²) in [7, 11) is 3.31. The Kier molecular flexibility index (Phi) is 6.61. The molecule has 2 aromatic carbocycles. The van der Waals surface area contributed by atoms with Gasteiger partial charge in [-0.25, -0.2) is 0 Å². The lowest BCUT2D eigenvalue weighted by Crippen LogP contribution is -2.31. The molecule has 158 valence electrons. The van der Waals surface area contributed by atoms with E-state index in [2.05, 4.69) is 38.5 Å². The van der Waals surface area contributed by atoms with Crippen LogP contribution in [0.5, 0.6) is 11.5 Å². The van der Waals surface area contributed by atoms with E-state index in [0.717, 1.165) is 66.6 Å². The predicted molar refractivity (Wildman–Crippen MR) is 114 cm³/mol. The fraction of sp³-hybridized carbons (Fsp3) is 0.391. The van der Waals surface area contributed by atoms with Crippen LogP contribution in [0.1, 0.15) is 24.1 Å². The van der Waals surface area contributed by atoms with Crippen molar-refractivity contribution in [1.82, 2.24) is 20.3 Å². The molecule has 0 spiro atoms. The molecule has 1 aliphatic heterocycles. The van der Waals surface area contributed by atoms with Gasteiger partial charge in [-0.3, -0.25) is 4.90 Å². The van der Waals surface area contributed by atoms with Crippen LogP contribution in [-0.2, 0) is 17.8 Å². The van der Waals surface area contributed by atoms with Crippen molar-refractivity contribution in [3.63, 3.8) is 0 Å². The maximum Gasteiger partial charge on any atom is 0.161 e. The zero-order valence-corrected chi connectivity index (χ0v) is 17.5. The van der Waals surface area contributed by atoms with Gasteiger partial charge in [0.05, 0.1) is 20.3 Å². The van der Waals surface area contributed by atoms with Gasteiger partial charge in [0.2, 0.25) is 0 Å². The third kappa shape index (κ3) is 4.80.